The Hall–Kier alpha value is -3.43. The molecule has 0 saturated carbocycles. The number of aryl methyl sites for hydroxylation is 2. The first kappa shape index (κ1) is 27.6. The van der Waals surface area contributed by atoms with Crippen molar-refractivity contribution >= 4 is 55.2 Å². The predicted octanol–water partition coefficient (Wildman–Crippen LogP) is 6.83. The molecule has 0 atom stereocenters. The van der Waals surface area contributed by atoms with Gasteiger partial charge in [-0.2, -0.15) is 4.57 Å². The van der Waals surface area contributed by atoms with Gasteiger partial charge in [-0.05, 0) is 43.3 Å². The number of para-hydroxylation sites is 2. The fourth-order valence-electron chi connectivity index (χ4n) is 3.71. The minimum Gasteiger partial charge on any atom is -0.744 e. The summed E-state index contributed by atoms with van der Waals surface area (Å²) in [5.74, 6) is 0. The highest BCUT2D eigenvalue weighted by molar-refractivity contribution is 8.03. The molecule has 4 aromatic rings. The Morgan fingerprint density at radius 2 is 1.53 bits per heavy atom. The van der Waals surface area contributed by atoms with Crippen LogP contribution in [0.25, 0.3) is 16.3 Å². The lowest BCUT2D eigenvalue weighted by Gasteiger charge is -2.12. The van der Waals surface area contributed by atoms with Crippen LogP contribution in [-0.4, -0.2) is 20.0 Å². The standard InChI is InChI=1S/C23H21N2S2.C7H8O3S/c1-24-18-12-8-10-14-20(18)26-22(24)16-6-4-3-5-7-17-23-25(2)19-13-9-11-15-21(19)27-23;1-6-2-4-7(5-3-6)11(8,9)10/h3-17H,1-2H3;2-5H,1H3,(H,8,9,10)/q+1;/p-1. The van der Waals surface area contributed by atoms with Crippen molar-refractivity contribution in [1.82, 2.24) is 0 Å². The van der Waals surface area contributed by atoms with E-state index < -0.39 is 10.1 Å². The Kier molecular flexibility index (Phi) is 9.01. The maximum absolute atomic E-state index is 10.4. The third-order valence-corrected chi connectivity index (χ3v) is 8.99. The van der Waals surface area contributed by atoms with E-state index in [1.807, 2.05) is 30.0 Å². The molecule has 5 rings (SSSR count). The van der Waals surface area contributed by atoms with Gasteiger partial charge in [0.2, 0.25) is 5.52 Å². The number of anilines is 1. The Morgan fingerprint density at radius 1 is 0.868 bits per heavy atom. The second-order valence-corrected chi connectivity index (χ2v) is 12.0. The first-order valence-electron chi connectivity index (χ1n) is 11.9. The molecule has 38 heavy (non-hydrogen) atoms. The number of thioether (sulfide) groups is 1. The van der Waals surface area contributed by atoms with Gasteiger partial charge in [-0.1, -0.05) is 95.4 Å². The summed E-state index contributed by atoms with van der Waals surface area (Å²) in [5.41, 5.74) is 3.48. The van der Waals surface area contributed by atoms with Gasteiger partial charge in [0.1, 0.15) is 21.9 Å². The SMILES string of the molecule is CN1\C(=C/C=C/C=C/C=C/c2sc3ccccc3[n+]2C)Sc2ccccc21.Cc1ccc(S(=O)(=O)[O-])cc1. The number of hydrogen-bond donors (Lipinski definition) is 0. The number of rotatable bonds is 5. The molecule has 0 aliphatic carbocycles. The Labute approximate surface area is 232 Å². The molecule has 0 saturated heterocycles. The molecular formula is C30H28N2O3S3. The average molecular weight is 561 g/mol. The molecule has 1 aromatic heterocycles. The Balaban J connectivity index is 0.000000257. The van der Waals surface area contributed by atoms with Crippen LogP contribution in [0.4, 0.5) is 5.69 Å². The van der Waals surface area contributed by atoms with Crippen LogP contribution >= 0.6 is 23.1 Å². The second-order valence-electron chi connectivity index (χ2n) is 8.50. The molecule has 0 amide bonds. The highest BCUT2D eigenvalue weighted by Crippen LogP contribution is 2.44. The van der Waals surface area contributed by atoms with Crippen molar-refractivity contribution in [2.75, 3.05) is 11.9 Å². The minimum atomic E-state index is -4.27. The maximum atomic E-state index is 10.4. The van der Waals surface area contributed by atoms with Crippen molar-refractivity contribution in [3.8, 4) is 0 Å². The zero-order valence-electron chi connectivity index (χ0n) is 21.3. The molecule has 0 radical (unpaired) electrons. The van der Waals surface area contributed by atoms with Gasteiger partial charge >= 0.3 is 0 Å². The molecule has 2 heterocycles. The molecule has 1 aliphatic rings. The van der Waals surface area contributed by atoms with Gasteiger partial charge in [0.05, 0.1) is 15.6 Å². The zero-order chi connectivity index (χ0) is 27.1. The minimum absolute atomic E-state index is 0.178. The first-order valence-corrected chi connectivity index (χ1v) is 14.9. The van der Waals surface area contributed by atoms with Crippen LogP contribution in [0.5, 0.6) is 0 Å². The van der Waals surface area contributed by atoms with E-state index in [1.54, 1.807) is 12.1 Å². The van der Waals surface area contributed by atoms with Gasteiger partial charge in [-0.25, -0.2) is 8.42 Å². The number of allylic oxidation sites excluding steroid dienone is 6. The van der Waals surface area contributed by atoms with E-state index in [0.29, 0.717) is 0 Å². The molecule has 0 unspecified atom stereocenters. The highest BCUT2D eigenvalue weighted by Gasteiger charge is 2.20. The summed E-state index contributed by atoms with van der Waals surface area (Å²) in [7, 11) is -0.0432. The van der Waals surface area contributed by atoms with Crippen molar-refractivity contribution in [1.29, 1.82) is 0 Å². The number of hydrogen-bond acceptors (Lipinski definition) is 6. The normalized spacial score (nSPS) is 14.6. The van der Waals surface area contributed by atoms with Gasteiger partial charge in [-0.15, -0.1) is 0 Å². The quantitative estimate of drug-likeness (QED) is 0.152. The lowest BCUT2D eigenvalue weighted by Crippen LogP contribution is -2.28. The average Bonchev–Trinajstić information content (AvgIpc) is 3.40. The van der Waals surface area contributed by atoms with Crippen LogP contribution < -0.4 is 9.47 Å². The van der Waals surface area contributed by atoms with Crippen LogP contribution in [-0.2, 0) is 17.2 Å². The smallest absolute Gasteiger partial charge is 0.262 e. The molecule has 5 nitrogen and oxygen atoms in total. The summed E-state index contributed by atoms with van der Waals surface area (Å²) in [4.78, 5) is 3.37. The van der Waals surface area contributed by atoms with Gasteiger partial charge in [0.15, 0.2) is 0 Å². The second kappa shape index (κ2) is 12.4. The van der Waals surface area contributed by atoms with E-state index in [4.69, 9.17) is 0 Å². The fraction of sp³-hybridized carbons (Fsp3) is 0.100. The molecule has 0 N–H and O–H groups in total. The molecular weight excluding hydrogens is 533 g/mol. The van der Waals surface area contributed by atoms with E-state index in [2.05, 4.69) is 115 Å². The summed E-state index contributed by atoms with van der Waals surface area (Å²) in [6, 6.07) is 22.8. The maximum Gasteiger partial charge on any atom is 0.262 e. The van der Waals surface area contributed by atoms with Crippen LogP contribution in [0.15, 0.2) is 124 Å². The van der Waals surface area contributed by atoms with Crippen molar-refractivity contribution in [3.63, 3.8) is 0 Å². The number of aromatic nitrogens is 1. The Bertz CT molecular complexity index is 1650. The lowest BCUT2D eigenvalue weighted by atomic mass is 10.2. The van der Waals surface area contributed by atoms with Gasteiger partial charge in [0, 0.05) is 24.1 Å². The largest absolute Gasteiger partial charge is 0.744 e. The third kappa shape index (κ3) is 6.90. The molecule has 0 spiro atoms. The fourth-order valence-corrected chi connectivity index (χ4v) is 6.30. The molecule has 0 bridgehead atoms. The van der Waals surface area contributed by atoms with Crippen LogP contribution in [0.3, 0.4) is 0 Å². The van der Waals surface area contributed by atoms with Gasteiger partial charge in [-0.3, -0.25) is 0 Å². The molecule has 0 fully saturated rings. The molecule has 3 aromatic carbocycles. The summed E-state index contributed by atoms with van der Waals surface area (Å²) >= 11 is 3.62. The van der Waals surface area contributed by atoms with Crippen LogP contribution in [0.2, 0.25) is 0 Å². The van der Waals surface area contributed by atoms with E-state index in [0.717, 1.165) is 5.56 Å². The summed E-state index contributed by atoms with van der Waals surface area (Å²) in [6.07, 6.45) is 14.7. The van der Waals surface area contributed by atoms with E-state index >= 15 is 0 Å². The Morgan fingerprint density at radius 3 is 2.24 bits per heavy atom. The van der Waals surface area contributed by atoms with E-state index in [-0.39, 0.29) is 4.90 Å². The van der Waals surface area contributed by atoms with Crippen molar-refractivity contribution in [3.05, 3.63) is 125 Å². The van der Waals surface area contributed by atoms with E-state index in [1.165, 1.54) is 43.0 Å². The van der Waals surface area contributed by atoms with Crippen molar-refractivity contribution in [2.24, 2.45) is 7.05 Å². The first-order chi connectivity index (χ1) is 18.2. The molecule has 1 aliphatic heterocycles. The molecule has 8 heteroatoms. The number of benzene rings is 3. The summed E-state index contributed by atoms with van der Waals surface area (Å²) in [5, 5.41) is 2.49. The number of thiazole rings is 1. The van der Waals surface area contributed by atoms with Crippen LogP contribution in [0, 0.1) is 6.92 Å². The summed E-state index contributed by atoms with van der Waals surface area (Å²) in [6.45, 7) is 1.82. The predicted molar refractivity (Wildman–Crippen MR) is 158 cm³/mol. The molecule has 194 valence electrons. The van der Waals surface area contributed by atoms with Crippen molar-refractivity contribution < 1.29 is 17.5 Å². The van der Waals surface area contributed by atoms with Gasteiger partial charge in [0.25, 0.3) is 5.01 Å². The topological polar surface area (TPSA) is 64.3 Å². The highest BCUT2D eigenvalue weighted by atomic mass is 32.2. The number of fused-ring (bicyclic) bond motifs is 2. The van der Waals surface area contributed by atoms with Crippen molar-refractivity contribution in [2.45, 2.75) is 16.7 Å². The zero-order valence-corrected chi connectivity index (χ0v) is 23.8. The lowest BCUT2D eigenvalue weighted by molar-refractivity contribution is -0.642. The van der Waals surface area contributed by atoms with Gasteiger partial charge < -0.3 is 9.45 Å². The third-order valence-electron chi connectivity index (χ3n) is 5.78. The summed E-state index contributed by atoms with van der Waals surface area (Å²) < 4.78 is 34.7. The van der Waals surface area contributed by atoms with Crippen LogP contribution in [0.1, 0.15) is 10.6 Å². The van der Waals surface area contributed by atoms with E-state index in [9.17, 15) is 13.0 Å². The monoisotopic (exact) mass is 560 g/mol. The number of nitrogens with zero attached hydrogens (tertiary/aromatic N) is 2.